The second-order valence-corrected chi connectivity index (χ2v) is 8.30. The number of morpholine rings is 1. The molecule has 0 bridgehead atoms. The van der Waals surface area contributed by atoms with Crippen LogP contribution < -0.4 is 5.73 Å². The lowest BCUT2D eigenvalue weighted by molar-refractivity contribution is -0.189. The van der Waals surface area contributed by atoms with E-state index in [1.54, 1.807) is 0 Å². The van der Waals surface area contributed by atoms with E-state index in [1.807, 2.05) is 0 Å². The van der Waals surface area contributed by atoms with Gasteiger partial charge in [-0.25, -0.2) is 0 Å². The Morgan fingerprint density at radius 1 is 1.10 bits per heavy atom. The van der Waals surface area contributed by atoms with E-state index in [1.165, 1.54) is 5.56 Å². The number of benzene rings is 1. The molecule has 0 spiro atoms. The van der Waals surface area contributed by atoms with Crippen LogP contribution in [0.15, 0.2) is 28.7 Å². The molecule has 0 aliphatic carbocycles. The summed E-state index contributed by atoms with van der Waals surface area (Å²) in [5, 5.41) is 0. The van der Waals surface area contributed by atoms with E-state index >= 15 is 0 Å². The average Bonchev–Trinajstić information content (AvgIpc) is 2.27. The molecule has 0 saturated carbocycles. The Morgan fingerprint density at radius 3 is 2.00 bits per heavy atom. The minimum Gasteiger partial charge on any atom is -0.367 e. The summed E-state index contributed by atoms with van der Waals surface area (Å²) >= 11 is 3.50. The normalized spacial score (nSPS) is 24.5. The monoisotopic (exact) mass is 354 g/mol. The summed E-state index contributed by atoms with van der Waals surface area (Å²) in [5.41, 5.74) is 7.26. The average molecular weight is 355 g/mol. The van der Waals surface area contributed by atoms with Gasteiger partial charge in [-0.3, -0.25) is 4.90 Å². The molecule has 4 heteroatoms. The third-order valence-corrected chi connectivity index (χ3v) is 4.35. The number of nitrogens with two attached hydrogens (primary N) is 1. The molecule has 1 fully saturated rings. The summed E-state index contributed by atoms with van der Waals surface area (Å²) in [4.78, 5) is 2.47. The van der Waals surface area contributed by atoms with Crippen molar-refractivity contribution in [2.45, 2.75) is 57.9 Å². The Hall–Kier alpha value is -0.420. The first-order chi connectivity index (χ1) is 9.60. The molecule has 1 aliphatic rings. The lowest BCUT2D eigenvalue weighted by Crippen LogP contribution is -2.59. The van der Waals surface area contributed by atoms with Crippen molar-refractivity contribution in [3.8, 4) is 0 Å². The fraction of sp³-hybridized carbons (Fsp3) is 0.647. The molecule has 1 heterocycles. The summed E-state index contributed by atoms with van der Waals surface area (Å²) in [5.74, 6) is 0. The second-order valence-electron chi connectivity index (χ2n) is 7.38. The molecule has 1 aromatic rings. The van der Waals surface area contributed by atoms with Crippen molar-refractivity contribution in [3.63, 3.8) is 0 Å². The number of nitrogens with zero attached hydrogens (tertiary/aromatic N) is 1. The highest BCUT2D eigenvalue weighted by molar-refractivity contribution is 9.10. The smallest absolute Gasteiger partial charge is 0.0761 e. The van der Waals surface area contributed by atoms with Gasteiger partial charge in [-0.15, -0.1) is 0 Å². The van der Waals surface area contributed by atoms with Crippen LogP contribution in [0.25, 0.3) is 0 Å². The third-order valence-electron chi connectivity index (χ3n) is 3.82. The number of halogens is 1. The highest BCUT2D eigenvalue weighted by atomic mass is 79.9. The molecule has 0 radical (unpaired) electrons. The Bertz CT molecular complexity index is 466. The lowest BCUT2D eigenvalue weighted by Gasteiger charge is -2.50. The van der Waals surface area contributed by atoms with E-state index in [-0.39, 0.29) is 23.3 Å². The van der Waals surface area contributed by atoms with Crippen LogP contribution in [0.1, 0.15) is 46.2 Å². The summed E-state index contributed by atoms with van der Waals surface area (Å²) in [6, 6.07) is 8.76. The van der Waals surface area contributed by atoms with Crippen LogP contribution >= 0.6 is 15.9 Å². The molecule has 118 valence electrons. The van der Waals surface area contributed by atoms with Gasteiger partial charge in [0.15, 0.2) is 0 Å². The Morgan fingerprint density at radius 2 is 1.57 bits per heavy atom. The summed E-state index contributed by atoms with van der Waals surface area (Å²) < 4.78 is 7.28. The maximum absolute atomic E-state index is 6.32. The standard InChI is InChI=1S/C17H27BrN2O/c1-12(19)15(13-6-8-14(18)9-7-13)20-10-16(2,3)21-17(4,5)11-20/h6-9,12,15H,10-11,19H2,1-5H3. The van der Waals surface area contributed by atoms with Crippen LogP contribution in [0.4, 0.5) is 0 Å². The van der Waals surface area contributed by atoms with E-state index in [2.05, 4.69) is 79.7 Å². The minimum absolute atomic E-state index is 0.0656. The predicted molar refractivity (Wildman–Crippen MR) is 91.3 cm³/mol. The van der Waals surface area contributed by atoms with Gasteiger partial charge in [0.05, 0.1) is 11.2 Å². The number of ether oxygens (including phenoxy) is 1. The van der Waals surface area contributed by atoms with Crippen LogP contribution in [0.2, 0.25) is 0 Å². The second kappa shape index (κ2) is 5.99. The van der Waals surface area contributed by atoms with E-state index < -0.39 is 0 Å². The van der Waals surface area contributed by atoms with Crippen LogP contribution in [0.3, 0.4) is 0 Å². The first kappa shape index (κ1) is 16.9. The zero-order valence-corrected chi connectivity index (χ0v) is 15.3. The maximum Gasteiger partial charge on any atom is 0.0761 e. The molecule has 2 unspecified atom stereocenters. The number of rotatable bonds is 3. The topological polar surface area (TPSA) is 38.5 Å². The zero-order valence-electron chi connectivity index (χ0n) is 13.7. The molecule has 1 saturated heterocycles. The van der Waals surface area contributed by atoms with Gasteiger partial charge in [-0.05, 0) is 52.3 Å². The molecule has 0 amide bonds. The van der Waals surface area contributed by atoms with Crippen LogP contribution in [-0.2, 0) is 4.74 Å². The SMILES string of the molecule is CC(N)C(c1ccc(Br)cc1)N1CC(C)(C)OC(C)(C)C1. The van der Waals surface area contributed by atoms with Crippen molar-refractivity contribution in [1.29, 1.82) is 0 Å². The van der Waals surface area contributed by atoms with Crippen molar-refractivity contribution in [3.05, 3.63) is 34.3 Å². The largest absolute Gasteiger partial charge is 0.367 e. The Kier molecular flexibility index (Phi) is 4.84. The fourth-order valence-electron chi connectivity index (χ4n) is 3.55. The first-order valence-electron chi connectivity index (χ1n) is 7.55. The van der Waals surface area contributed by atoms with Crippen molar-refractivity contribution < 1.29 is 4.74 Å². The van der Waals surface area contributed by atoms with Crippen LogP contribution in [-0.4, -0.2) is 35.2 Å². The summed E-state index contributed by atoms with van der Waals surface area (Å²) in [6.45, 7) is 12.5. The molecule has 2 rings (SSSR count). The minimum atomic E-state index is -0.162. The van der Waals surface area contributed by atoms with E-state index in [0.717, 1.165) is 17.6 Å². The van der Waals surface area contributed by atoms with E-state index in [9.17, 15) is 0 Å². The van der Waals surface area contributed by atoms with Crippen molar-refractivity contribution in [1.82, 2.24) is 4.90 Å². The molecule has 0 aromatic heterocycles. The molecule has 1 aliphatic heterocycles. The highest BCUT2D eigenvalue weighted by Crippen LogP contribution is 2.35. The van der Waals surface area contributed by atoms with E-state index in [4.69, 9.17) is 10.5 Å². The van der Waals surface area contributed by atoms with Crippen LogP contribution in [0.5, 0.6) is 0 Å². The molecular formula is C17H27BrN2O. The fourth-order valence-corrected chi connectivity index (χ4v) is 3.81. The van der Waals surface area contributed by atoms with Crippen LogP contribution in [0, 0.1) is 0 Å². The molecule has 2 atom stereocenters. The highest BCUT2D eigenvalue weighted by Gasteiger charge is 2.41. The maximum atomic E-state index is 6.32. The van der Waals surface area contributed by atoms with Gasteiger partial charge in [0.1, 0.15) is 0 Å². The zero-order chi connectivity index (χ0) is 15.8. The summed E-state index contributed by atoms with van der Waals surface area (Å²) in [7, 11) is 0. The Labute approximate surface area is 137 Å². The van der Waals surface area contributed by atoms with Gasteiger partial charge < -0.3 is 10.5 Å². The molecule has 1 aromatic carbocycles. The lowest BCUT2D eigenvalue weighted by atomic mass is 9.92. The van der Waals surface area contributed by atoms with Crippen molar-refractivity contribution >= 4 is 15.9 Å². The molecular weight excluding hydrogens is 328 g/mol. The van der Waals surface area contributed by atoms with Gasteiger partial charge in [-0.2, -0.15) is 0 Å². The summed E-state index contributed by atoms with van der Waals surface area (Å²) in [6.07, 6.45) is 0. The predicted octanol–water partition coefficient (Wildman–Crippen LogP) is 3.73. The number of hydrogen-bond donors (Lipinski definition) is 1. The molecule has 3 nitrogen and oxygen atoms in total. The van der Waals surface area contributed by atoms with Crippen molar-refractivity contribution in [2.24, 2.45) is 5.73 Å². The van der Waals surface area contributed by atoms with Gasteiger partial charge >= 0.3 is 0 Å². The van der Waals surface area contributed by atoms with Gasteiger partial charge in [0.2, 0.25) is 0 Å². The quantitative estimate of drug-likeness (QED) is 0.898. The number of hydrogen-bond acceptors (Lipinski definition) is 3. The third kappa shape index (κ3) is 4.28. The van der Waals surface area contributed by atoms with Gasteiger partial charge in [0, 0.05) is 29.6 Å². The van der Waals surface area contributed by atoms with E-state index in [0.29, 0.717) is 0 Å². The van der Waals surface area contributed by atoms with Gasteiger partial charge in [0.25, 0.3) is 0 Å². The molecule has 21 heavy (non-hydrogen) atoms. The molecule has 2 N–H and O–H groups in total. The van der Waals surface area contributed by atoms with Crippen molar-refractivity contribution in [2.75, 3.05) is 13.1 Å². The Balaban J connectivity index is 2.31. The van der Waals surface area contributed by atoms with Gasteiger partial charge in [-0.1, -0.05) is 28.1 Å². The first-order valence-corrected chi connectivity index (χ1v) is 8.34.